The molecule has 4 heteroatoms. The summed E-state index contributed by atoms with van der Waals surface area (Å²) in [5, 5.41) is 0.650. The molecule has 0 aliphatic heterocycles. The van der Waals surface area contributed by atoms with Gasteiger partial charge < -0.3 is 15.2 Å². The van der Waals surface area contributed by atoms with Gasteiger partial charge in [0.05, 0.1) is 20.3 Å². The molecule has 19 heavy (non-hydrogen) atoms. The van der Waals surface area contributed by atoms with E-state index in [2.05, 4.69) is 0 Å². The Morgan fingerprint density at radius 3 is 2.11 bits per heavy atom. The molecular formula is C15H16ClNO2. The van der Waals surface area contributed by atoms with Crippen molar-refractivity contribution in [3.8, 4) is 11.5 Å². The third-order valence-electron chi connectivity index (χ3n) is 2.97. The zero-order valence-electron chi connectivity index (χ0n) is 10.9. The smallest absolute Gasteiger partial charge is 0.122 e. The fraction of sp³-hybridized carbons (Fsp3) is 0.200. The van der Waals surface area contributed by atoms with E-state index in [1.54, 1.807) is 14.2 Å². The zero-order valence-corrected chi connectivity index (χ0v) is 11.6. The Balaban J connectivity index is 2.43. The summed E-state index contributed by atoms with van der Waals surface area (Å²) in [7, 11) is 3.22. The van der Waals surface area contributed by atoms with Crippen LogP contribution in [-0.4, -0.2) is 14.2 Å². The second kappa shape index (κ2) is 5.95. The number of nitrogens with two attached hydrogens (primary N) is 1. The van der Waals surface area contributed by atoms with Crippen LogP contribution in [0.25, 0.3) is 0 Å². The molecule has 0 bridgehead atoms. The highest BCUT2D eigenvalue weighted by atomic mass is 35.5. The average Bonchev–Trinajstić information content (AvgIpc) is 2.46. The van der Waals surface area contributed by atoms with E-state index in [0.717, 1.165) is 11.1 Å². The highest BCUT2D eigenvalue weighted by Crippen LogP contribution is 2.31. The Morgan fingerprint density at radius 1 is 1.00 bits per heavy atom. The second-order valence-corrected chi connectivity index (χ2v) is 4.55. The van der Waals surface area contributed by atoms with Crippen LogP contribution in [0.1, 0.15) is 17.2 Å². The molecule has 0 saturated carbocycles. The molecular weight excluding hydrogens is 262 g/mol. The Hall–Kier alpha value is -1.71. The molecule has 0 aliphatic rings. The van der Waals surface area contributed by atoms with Crippen molar-refractivity contribution in [2.75, 3.05) is 14.2 Å². The van der Waals surface area contributed by atoms with Gasteiger partial charge in [-0.1, -0.05) is 29.8 Å². The maximum Gasteiger partial charge on any atom is 0.122 e. The first-order valence-corrected chi connectivity index (χ1v) is 6.26. The summed E-state index contributed by atoms with van der Waals surface area (Å²) in [5.41, 5.74) is 8.04. The maximum atomic E-state index is 6.27. The van der Waals surface area contributed by atoms with Gasteiger partial charge in [0, 0.05) is 11.1 Å². The molecule has 1 atom stereocenters. The van der Waals surface area contributed by atoms with E-state index in [9.17, 15) is 0 Å². The van der Waals surface area contributed by atoms with Crippen molar-refractivity contribution in [2.45, 2.75) is 6.04 Å². The molecule has 0 aromatic heterocycles. The molecule has 3 nitrogen and oxygen atoms in total. The van der Waals surface area contributed by atoms with Crippen LogP contribution in [0.3, 0.4) is 0 Å². The first-order chi connectivity index (χ1) is 9.15. The van der Waals surface area contributed by atoms with Crippen LogP contribution in [0.15, 0.2) is 42.5 Å². The summed E-state index contributed by atoms with van der Waals surface area (Å²) in [6, 6.07) is 12.8. The Kier molecular flexibility index (Phi) is 4.30. The van der Waals surface area contributed by atoms with E-state index in [4.69, 9.17) is 26.8 Å². The molecule has 0 amide bonds. The predicted molar refractivity (Wildman–Crippen MR) is 77.0 cm³/mol. The lowest BCUT2D eigenvalue weighted by molar-refractivity contribution is 0.393. The normalized spacial score (nSPS) is 12.0. The molecule has 2 aromatic rings. The topological polar surface area (TPSA) is 44.5 Å². The number of hydrogen-bond donors (Lipinski definition) is 1. The number of benzene rings is 2. The van der Waals surface area contributed by atoms with Crippen LogP contribution < -0.4 is 15.2 Å². The molecule has 0 radical (unpaired) electrons. The van der Waals surface area contributed by atoms with Crippen LogP contribution in [0.4, 0.5) is 0 Å². The summed E-state index contributed by atoms with van der Waals surface area (Å²) in [6.07, 6.45) is 0. The summed E-state index contributed by atoms with van der Waals surface area (Å²) in [6.45, 7) is 0. The van der Waals surface area contributed by atoms with Crippen molar-refractivity contribution >= 4 is 11.6 Å². The lowest BCUT2D eigenvalue weighted by atomic mass is 9.99. The molecule has 0 fully saturated rings. The number of halogens is 1. The van der Waals surface area contributed by atoms with E-state index in [-0.39, 0.29) is 6.04 Å². The molecule has 0 spiro atoms. The number of rotatable bonds is 4. The van der Waals surface area contributed by atoms with Gasteiger partial charge in [0.2, 0.25) is 0 Å². The largest absolute Gasteiger partial charge is 0.497 e. The monoisotopic (exact) mass is 277 g/mol. The minimum atomic E-state index is -0.322. The fourth-order valence-corrected chi connectivity index (χ4v) is 2.17. The van der Waals surface area contributed by atoms with Gasteiger partial charge in [-0.2, -0.15) is 0 Å². The number of ether oxygens (including phenoxy) is 2. The van der Waals surface area contributed by atoms with Gasteiger partial charge in [-0.05, 0) is 29.3 Å². The van der Waals surface area contributed by atoms with Crippen molar-refractivity contribution in [1.82, 2.24) is 0 Å². The average molecular weight is 278 g/mol. The number of methoxy groups -OCH3 is 2. The quantitative estimate of drug-likeness (QED) is 0.931. The predicted octanol–water partition coefficient (Wildman–Crippen LogP) is 3.41. The van der Waals surface area contributed by atoms with Gasteiger partial charge in [-0.15, -0.1) is 0 Å². The van der Waals surface area contributed by atoms with Crippen molar-refractivity contribution < 1.29 is 9.47 Å². The molecule has 0 saturated heterocycles. The van der Waals surface area contributed by atoms with Gasteiger partial charge >= 0.3 is 0 Å². The summed E-state index contributed by atoms with van der Waals surface area (Å²) < 4.78 is 10.5. The Bertz CT molecular complexity index is 550. The zero-order chi connectivity index (χ0) is 13.8. The SMILES string of the molecule is COc1cc(OC)cc(C(N)c2ccccc2Cl)c1. The van der Waals surface area contributed by atoms with E-state index in [0.29, 0.717) is 16.5 Å². The van der Waals surface area contributed by atoms with Crippen LogP contribution >= 0.6 is 11.6 Å². The first kappa shape index (κ1) is 13.7. The van der Waals surface area contributed by atoms with E-state index >= 15 is 0 Å². The molecule has 1 unspecified atom stereocenters. The molecule has 0 aliphatic carbocycles. The lowest BCUT2D eigenvalue weighted by Crippen LogP contribution is -2.12. The highest BCUT2D eigenvalue weighted by molar-refractivity contribution is 6.31. The van der Waals surface area contributed by atoms with Crippen molar-refractivity contribution in [2.24, 2.45) is 5.73 Å². The summed E-state index contributed by atoms with van der Waals surface area (Å²) in [4.78, 5) is 0. The summed E-state index contributed by atoms with van der Waals surface area (Å²) >= 11 is 6.17. The van der Waals surface area contributed by atoms with Crippen molar-refractivity contribution in [1.29, 1.82) is 0 Å². The third kappa shape index (κ3) is 3.00. The molecule has 100 valence electrons. The lowest BCUT2D eigenvalue weighted by Gasteiger charge is -2.16. The van der Waals surface area contributed by atoms with Crippen LogP contribution in [0.2, 0.25) is 5.02 Å². The second-order valence-electron chi connectivity index (χ2n) is 4.15. The van der Waals surface area contributed by atoms with Gasteiger partial charge in [0.1, 0.15) is 11.5 Å². The van der Waals surface area contributed by atoms with E-state index < -0.39 is 0 Å². The standard InChI is InChI=1S/C15H16ClNO2/c1-18-11-7-10(8-12(9-11)19-2)15(17)13-5-3-4-6-14(13)16/h3-9,15H,17H2,1-2H3. The Morgan fingerprint density at radius 2 is 1.58 bits per heavy atom. The minimum Gasteiger partial charge on any atom is -0.497 e. The molecule has 2 rings (SSSR count). The van der Waals surface area contributed by atoms with Crippen LogP contribution in [0.5, 0.6) is 11.5 Å². The van der Waals surface area contributed by atoms with Crippen LogP contribution in [0, 0.1) is 0 Å². The maximum absolute atomic E-state index is 6.27. The fourth-order valence-electron chi connectivity index (χ4n) is 1.92. The van der Waals surface area contributed by atoms with Gasteiger partial charge in [0.15, 0.2) is 0 Å². The van der Waals surface area contributed by atoms with E-state index in [1.165, 1.54) is 0 Å². The van der Waals surface area contributed by atoms with Crippen molar-refractivity contribution in [3.05, 3.63) is 58.6 Å². The minimum absolute atomic E-state index is 0.322. The third-order valence-corrected chi connectivity index (χ3v) is 3.32. The van der Waals surface area contributed by atoms with Crippen LogP contribution in [-0.2, 0) is 0 Å². The first-order valence-electron chi connectivity index (χ1n) is 5.88. The number of hydrogen-bond acceptors (Lipinski definition) is 3. The molecule has 2 N–H and O–H groups in total. The van der Waals surface area contributed by atoms with Gasteiger partial charge in [0.25, 0.3) is 0 Å². The highest BCUT2D eigenvalue weighted by Gasteiger charge is 2.14. The van der Waals surface area contributed by atoms with Gasteiger partial charge in [-0.25, -0.2) is 0 Å². The molecule has 0 heterocycles. The molecule has 2 aromatic carbocycles. The van der Waals surface area contributed by atoms with Crippen molar-refractivity contribution in [3.63, 3.8) is 0 Å². The summed E-state index contributed by atoms with van der Waals surface area (Å²) in [5.74, 6) is 1.41. The van der Waals surface area contributed by atoms with E-state index in [1.807, 2.05) is 42.5 Å². The Labute approximate surface area is 117 Å². The van der Waals surface area contributed by atoms with Gasteiger partial charge in [-0.3, -0.25) is 0 Å².